The number of nitrogens with zero attached hydrogens (tertiary/aromatic N) is 3. The molecule has 0 bridgehead atoms. The lowest BCUT2D eigenvalue weighted by molar-refractivity contribution is -0.139. The van der Waals surface area contributed by atoms with Crippen LogP contribution in [0.4, 0.5) is 18.9 Å². The lowest BCUT2D eigenvalue weighted by Gasteiger charge is -2.17. The summed E-state index contributed by atoms with van der Waals surface area (Å²) in [4.78, 5) is 19.8. The molecule has 1 saturated heterocycles. The fraction of sp³-hybridized carbons (Fsp3) is 0.429. The number of aromatic nitrogens is 2. The number of amides is 1. The van der Waals surface area contributed by atoms with Gasteiger partial charge in [0.05, 0.1) is 41.6 Å². The number of methoxy groups -OCH3 is 1. The molecule has 220 valence electrons. The number of halogens is 3. The van der Waals surface area contributed by atoms with Gasteiger partial charge in [0, 0.05) is 17.9 Å². The first kappa shape index (κ1) is 30.2. The van der Waals surface area contributed by atoms with Crippen molar-refractivity contribution >= 4 is 32.5 Å². The largest absolute Gasteiger partial charge is 0.495 e. The Morgan fingerprint density at radius 2 is 1.98 bits per heavy atom. The van der Waals surface area contributed by atoms with E-state index in [1.807, 2.05) is 7.05 Å². The summed E-state index contributed by atoms with van der Waals surface area (Å²) in [6.45, 7) is 0.577. The second kappa shape index (κ2) is 12.4. The number of imidazole rings is 1. The fourth-order valence-electron chi connectivity index (χ4n) is 4.72. The van der Waals surface area contributed by atoms with Crippen LogP contribution in [0.3, 0.4) is 0 Å². The van der Waals surface area contributed by atoms with E-state index in [0.717, 1.165) is 49.5 Å². The average Bonchev–Trinajstić information content (AvgIpc) is 3.17. The van der Waals surface area contributed by atoms with E-state index in [0.29, 0.717) is 17.0 Å². The van der Waals surface area contributed by atoms with Crippen molar-refractivity contribution < 1.29 is 31.1 Å². The van der Waals surface area contributed by atoms with Gasteiger partial charge in [-0.2, -0.15) is 13.2 Å². The third-order valence-electron chi connectivity index (χ3n) is 6.81. The zero-order chi connectivity index (χ0) is 29.8. The lowest BCUT2D eigenvalue weighted by Crippen LogP contribution is -2.35. The molecule has 1 fully saturated rings. The molecular formula is C28H32F3N5O4S. The van der Waals surface area contributed by atoms with E-state index in [1.54, 1.807) is 0 Å². The summed E-state index contributed by atoms with van der Waals surface area (Å²) in [6, 6.07) is 7.35. The number of hydrogen-bond donors (Lipinski definition) is 2. The molecule has 0 saturated carbocycles. The van der Waals surface area contributed by atoms with E-state index in [-0.39, 0.29) is 34.1 Å². The van der Waals surface area contributed by atoms with E-state index in [9.17, 15) is 26.4 Å². The van der Waals surface area contributed by atoms with Crippen molar-refractivity contribution in [3.8, 4) is 17.6 Å². The summed E-state index contributed by atoms with van der Waals surface area (Å²) in [5, 5.41) is 6.04. The summed E-state index contributed by atoms with van der Waals surface area (Å²) < 4.78 is 69.8. The van der Waals surface area contributed by atoms with Gasteiger partial charge >= 0.3 is 6.18 Å². The number of ether oxygens (including phenoxy) is 1. The van der Waals surface area contributed by atoms with Crippen LogP contribution in [0.5, 0.6) is 5.75 Å². The molecule has 41 heavy (non-hydrogen) atoms. The minimum Gasteiger partial charge on any atom is -0.495 e. The first-order valence-electron chi connectivity index (χ1n) is 13.0. The molecule has 1 unspecified atom stereocenters. The fourth-order valence-corrected chi connectivity index (χ4v) is 5.36. The first-order chi connectivity index (χ1) is 19.3. The van der Waals surface area contributed by atoms with Gasteiger partial charge in [0.1, 0.15) is 17.8 Å². The summed E-state index contributed by atoms with van der Waals surface area (Å²) in [5.74, 6) is 5.80. The zero-order valence-electron chi connectivity index (χ0n) is 23.0. The Bertz CT molecular complexity index is 1590. The molecule has 1 amide bonds. The standard InChI is InChI=1S/C28H32F3N5O4S/c1-35-12-5-7-20(10-13-35)34-27(37)22-14-19(15-24-26(22)33-18-36(24)17-28(29,30)31)6-4-11-32-23-16-21(41(3,38)39)8-9-25(23)40-2/h8-9,14-16,18,20,32H,5,7,10-13,17H2,1-3H3,(H,34,37). The van der Waals surface area contributed by atoms with Crippen LogP contribution in [0, 0.1) is 11.8 Å². The Labute approximate surface area is 237 Å². The first-order valence-corrected chi connectivity index (χ1v) is 14.9. The highest BCUT2D eigenvalue weighted by molar-refractivity contribution is 7.90. The monoisotopic (exact) mass is 591 g/mol. The highest BCUT2D eigenvalue weighted by Crippen LogP contribution is 2.28. The normalized spacial score (nSPS) is 16.5. The van der Waals surface area contributed by atoms with Crippen LogP contribution in [0.1, 0.15) is 35.2 Å². The average molecular weight is 592 g/mol. The quantitative estimate of drug-likeness (QED) is 0.404. The third kappa shape index (κ3) is 7.92. The molecule has 1 aliphatic heterocycles. The van der Waals surface area contributed by atoms with Gasteiger partial charge in [-0.15, -0.1) is 0 Å². The van der Waals surface area contributed by atoms with Gasteiger partial charge in [-0.25, -0.2) is 13.4 Å². The van der Waals surface area contributed by atoms with E-state index in [2.05, 4.69) is 32.4 Å². The van der Waals surface area contributed by atoms with Crippen molar-refractivity contribution in [3.63, 3.8) is 0 Å². The van der Waals surface area contributed by atoms with Crippen LogP contribution in [-0.4, -0.2) is 81.0 Å². The number of likely N-dealkylation sites (tertiary alicyclic amines) is 1. The van der Waals surface area contributed by atoms with Crippen molar-refractivity contribution in [2.75, 3.05) is 45.4 Å². The van der Waals surface area contributed by atoms with E-state index >= 15 is 0 Å². The van der Waals surface area contributed by atoms with Crippen molar-refractivity contribution in [1.29, 1.82) is 0 Å². The minimum atomic E-state index is -4.48. The highest BCUT2D eigenvalue weighted by Gasteiger charge is 2.29. The van der Waals surface area contributed by atoms with Crippen molar-refractivity contribution in [1.82, 2.24) is 19.8 Å². The number of carbonyl (C=O) groups excluding carboxylic acids is 1. The van der Waals surface area contributed by atoms with Gasteiger partial charge in [-0.1, -0.05) is 11.8 Å². The Hall–Kier alpha value is -3.76. The van der Waals surface area contributed by atoms with Crippen LogP contribution in [0.2, 0.25) is 0 Å². The molecule has 2 heterocycles. The van der Waals surface area contributed by atoms with E-state index < -0.39 is 28.5 Å². The number of fused-ring (bicyclic) bond motifs is 1. The predicted octanol–water partition coefficient (Wildman–Crippen LogP) is 3.69. The number of anilines is 1. The molecular weight excluding hydrogens is 559 g/mol. The molecule has 0 aliphatic carbocycles. The Morgan fingerprint density at radius 3 is 2.68 bits per heavy atom. The Balaban J connectivity index is 1.62. The summed E-state index contributed by atoms with van der Waals surface area (Å²) in [7, 11) is 0.0292. The molecule has 2 aromatic carbocycles. The topological polar surface area (TPSA) is 106 Å². The molecule has 13 heteroatoms. The molecule has 9 nitrogen and oxygen atoms in total. The molecule has 2 N–H and O–H groups in total. The number of hydrogen-bond acceptors (Lipinski definition) is 7. The maximum atomic E-state index is 13.3. The number of benzene rings is 2. The van der Waals surface area contributed by atoms with E-state index in [1.165, 1.54) is 37.4 Å². The van der Waals surface area contributed by atoms with Gasteiger partial charge in [0.25, 0.3) is 5.91 Å². The predicted molar refractivity (Wildman–Crippen MR) is 150 cm³/mol. The second-order valence-corrected chi connectivity index (χ2v) is 12.1. The van der Waals surface area contributed by atoms with Crippen LogP contribution in [0.15, 0.2) is 41.6 Å². The molecule has 4 rings (SSSR count). The molecule has 1 aliphatic rings. The summed E-state index contributed by atoms with van der Waals surface area (Å²) >= 11 is 0. The van der Waals surface area contributed by atoms with Crippen molar-refractivity contribution in [2.45, 2.75) is 42.9 Å². The zero-order valence-corrected chi connectivity index (χ0v) is 23.8. The number of nitrogens with one attached hydrogen (secondary N) is 2. The number of sulfone groups is 1. The SMILES string of the molecule is COc1ccc(S(C)(=O)=O)cc1NCC#Cc1cc(C(=O)NC2CCCN(C)CC2)c2ncn(CC(F)(F)F)c2c1. The smallest absolute Gasteiger partial charge is 0.406 e. The number of alkyl halides is 3. The van der Waals surface area contributed by atoms with Crippen LogP contribution in [-0.2, 0) is 16.4 Å². The maximum absolute atomic E-state index is 13.3. The second-order valence-electron chi connectivity index (χ2n) is 10.1. The highest BCUT2D eigenvalue weighted by atomic mass is 32.2. The number of rotatable bonds is 7. The molecule has 0 radical (unpaired) electrons. The minimum absolute atomic E-state index is 0.0589. The van der Waals surface area contributed by atoms with Crippen molar-refractivity contribution in [3.05, 3.63) is 47.8 Å². The van der Waals surface area contributed by atoms with Crippen LogP contribution >= 0.6 is 0 Å². The lowest BCUT2D eigenvalue weighted by atomic mass is 10.1. The van der Waals surface area contributed by atoms with E-state index in [4.69, 9.17) is 4.74 Å². The van der Waals surface area contributed by atoms with Gasteiger partial charge in [-0.05, 0) is 69.7 Å². The summed E-state index contributed by atoms with van der Waals surface area (Å²) in [5.41, 5.74) is 1.23. The van der Waals surface area contributed by atoms with Gasteiger partial charge in [-0.3, -0.25) is 4.79 Å². The summed E-state index contributed by atoms with van der Waals surface area (Å²) in [6.07, 6.45) is 0.191. The molecule has 1 aromatic heterocycles. The molecule has 0 spiro atoms. The third-order valence-corrected chi connectivity index (χ3v) is 7.92. The van der Waals surface area contributed by atoms with Crippen LogP contribution < -0.4 is 15.4 Å². The van der Waals surface area contributed by atoms with Crippen LogP contribution in [0.25, 0.3) is 11.0 Å². The molecule has 3 aromatic rings. The molecule has 1 atom stereocenters. The Morgan fingerprint density at radius 1 is 1.20 bits per heavy atom. The number of carbonyl (C=O) groups is 1. The van der Waals surface area contributed by atoms with Gasteiger partial charge < -0.3 is 24.8 Å². The van der Waals surface area contributed by atoms with Gasteiger partial charge in [0.2, 0.25) is 0 Å². The maximum Gasteiger partial charge on any atom is 0.406 e. The van der Waals surface area contributed by atoms with Gasteiger partial charge in [0.15, 0.2) is 9.84 Å². The Kier molecular flexibility index (Phi) is 9.14. The van der Waals surface area contributed by atoms with Crippen molar-refractivity contribution in [2.24, 2.45) is 0 Å².